The Bertz CT molecular complexity index is 2840. The molecule has 0 amide bonds. The molecular weight excluding hydrogens is 835 g/mol. The van der Waals surface area contributed by atoms with E-state index in [1.165, 1.54) is 48.5 Å². The maximum atomic E-state index is 12.0. The van der Waals surface area contributed by atoms with Crippen LogP contribution in [-0.4, -0.2) is 46.7 Å². The Hall–Kier alpha value is -5.68. The number of hydrogen-bond donors (Lipinski definition) is 7. The van der Waals surface area contributed by atoms with E-state index in [1.54, 1.807) is 30.3 Å². The van der Waals surface area contributed by atoms with Crippen LogP contribution in [0, 0.1) is 0 Å². The van der Waals surface area contributed by atoms with Gasteiger partial charge in [0.15, 0.2) is 5.75 Å². The van der Waals surface area contributed by atoms with Crippen molar-refractivity contribution in [1.82, 2.24) is 0 Å². The van der Waals surface area contributed by atoms with Gasteiger partial charge < -0.3 is 15.9 Å². The van der Waals surface area contributed by atoms with Crippen LogP contribution in [0.25, 0.3) is 21.5 Å². The van der Waals surface area contributed by atoms with Crippen molar-refractivity contribution in [3.63, 3.8) is 0 Å². The van der Waals surface area contributed by atoms with E-state index in [9.17, 15) is 36.2 Å². The number of nitrogens with zero attached hydrogens (tertiary/aromatic N) is 6. The lowest BCUT2D eigenvalue weighted by molar-refractivity contribution is -0.432. The Kier molecular flexibility index (Phi) is 12.4. The van der Waals surface area contributed by atoms with Crippen LogP contribution >= 0.6 is 24.1 Å². The number of azo groups is 3. The summed E-state index contributed by atoms with van der Waals surface area (Å²) >= 11 is 1.08. The van der Waals surface area contributed by atoms with Gasteiger partial charge in [-0.05, 0) is 78.2 Å². The zero-order valence-corrected chi connectivity index (χ0v) is 31.3. The first-order chi connectivity index (χ1) is 27.2. The van der Waals surface area contributed by atoms with Crippen LogP contribution < -0.4 is 5.73 Å². The predicted octanol–water partition coefficient (Wildman–Crippen LogP) is 9.58. The number of aromatic hydroxyl groups is 2. The molecule has 0 heterocycles. The summed E-state index contributed by atoms with van der Waals surface area (Å²) in [6.45, 7) is 0. The third-order valence-corrected chi connectivity index (χ3v) is 10.5. The highest BCUT2D eigenvalue weighted by Gasteiger charge is 2.21. The van der Waals surface area contributed by atoms with E-state index >= 15 is 0 Å². The molecule has 57 heavy (non-hydrogen) atoms. The third kappa shape index (κ3) is 9.65. The van der Waals surface area contributed by atoms with Crippen molar-refractivity contribution in [2.45, 2.75) is 19.6 Å². The van der Waals surface area contributed by atoms with Crippen LogP contribution in [0.1, 0.15) is 0 Å². The van der Waals surface area contributed by atoms with Gasteiger partial charge in [-0.15, -0.1) is 29.1 Å². The number of nitrogen functional groups attached to an aromatic ring is 1. The molecule has 0 fully saturated rings. The normalized spacial score (nSPS) is 12.6. The molecule has 21 nitrogen and oxygen atoms in total. The number of phenols is 2. The van der Waals surface area contributed by atoms with E-state index in [0.717, 1.165) is 24.2 Å². The first-order valence-electron chi connectivity index (χ1n) is 15.2. The van der Waals surface area contributed by atoms with E-state index in [-0.39, 0.29) is 49.5 Å². The molecule has 25 heteroatoms. The van der Waals surface area contributed by atoms with Gasteiger partial charge in [-0.2, -0.15) is 27.1 Å². The average molecular weight is 858 g/mol. The second-order valence-electron chi connectivity index (χ2n) is 11.2. The molecule has 0 bridgehead atoms. The molecule has 0 aromatic heterocycles. The number of nitrogens with two attached hydrogens (primary N) is 1. The lowest BCUT2D eigenvalue weighted by Crippen LogP contribution is -2.03. The lowest BCUT2D eigenvalue weighted by Gasteiger charge is -2.11. The average Bonchev–Trinajstić information content (AvgIpc) is 3.17. The summed E-state index contributed by atoms with van der Waals surface area (Å²) in [5, 5.41) is 71.6. The predicted molar refractivity (Wildman–Crippen MR) is 202 cm³/mol. The summed E-state index contributed by atoms with van der Waals surface area (Å²) < 4.78 is 75.6. The molecule has 0 unspecified atom stereocenters. The monoisotopic (exact) mass is 857 g/mol. The summed E-state index contributed by atoms with van der Waals surface area (Å²) in [6.07, 6.45) is 0. The summed E-state index contributed by atoms with van der Waals surface area (Å²) in [6, 6.07) is 20.6. The van der Waals surface area contributed by atoms with E-state index in [1.807, 2.05) is 0 Å². The Balaban J connectivity index is 1.31. The lowest BCUT2D eigenvalue weighted by atomic mass is 10.1. The van der Waals surface area contributed by atoms with Crippen LogP contribution in [0.3, 0.4) is 0 Å². The van der Waals surface area contributed by atoms with Crippen LogP contribution in [0.15, 0.2) is 141 Å². The van der Waals surface area contributed by atoms with Gasteiger partial charge in [0.2, 0.25) is 0 Å². The zero-order chi connectivity index (χ0) is 40.9. The van der Waals surface area contributed by atoms with Gasteiger partial charge in [-0.1, -0.05) is 22.2 Å². The first-order valence-corrected chi connectivity index (χ1v) is 19.6. The molecular formula is C32H23N7O14S4. The van der Waals surface area contributed by atoms with E-state index in [0.29, 0.717) is 33.7 Å². The highest BCUT2D eigenvalue weighted by atomic mass is 32.2. The maximum Gasteiger partial charge on any atom is 0.296 e. The van der Waals surface area contributed by atoms with Crippen LogP contribution in [0.5, 0.6) is 11.5 Å². The number of rotatable bonds is 14. The van der Waals surface area contributed by atoms with Crippen molar-refractivity contribution >= 4 is 106 Å². The molecule has 0 saturated heterocycles. The summed E-state index contributed by atoms with van der Waals surface area (Å²) in [7, 11) is -9.35. The number of hydrogen-bond acceptors (Lipinski definition) is 21. The topological polar surface area (TPSA) is 327 Å². The number of benzene rings is 6. The molecule has 0 aliphatic heterocycles. The third-order valence-electron chi connectivity index (χ3n) is 7.59. The molecule has 8 N–H and O–H groups in total. The first kappa shape index (κ1) is 41.0. The van der Waals surface area contributed by atoms with Crippen molar-refractivity contribution < 1.29 is 65.4 Å². The standard InChI is InChI=1S/C32H23N7O14S4/c33-24-15-22-16(11-30(24)57(47,48)49)10-29(55-53-51-43)31(32(22)41)39-38-27-7-4-18(13-28(27)40)35-37-26-9-8-25(21-6-5-20(14-23(21)26)56(44,45)46)36-34-17-2-1-3-19(12-17)54-52-50-42/h1-15,40-43H,33H2,(H,44,45,46)(H,47,48,49). The molecule has 6 aromatic carbocycles. The molecule has 6 rings (SSSR count). The fourth-order valence-corrected chi connectivity index (χ4v) is 7.14. The number of fused-ring (bicyclic) bond motifs is 2. The maximum absolute atomic E-state index is 12.0. The van der Waals surface area contributed by atoms with Crippen LogP contribution in [0.4, 0.5) is 39.8 Å². The highest BCUT2D eigenvalue weighted by molar-refractivity contribution is 7.95. The molecule has 0 aliphatic carbocycles. The fourth-order valence-electron chi connectivity index (χ4n) is 5.09. The highest BCUT2D eigenvalue weighted by Crippen LogP contribution is 2.46. The van der Waals surface area contributed by atoms with Crippen molar-refractivity contribution in [3.8, 4) is 11.5 Å². The van der Waals surface area contributed by atoms with E-state index in [4.69, 9.17) is 16.2 Å². The SMILES string of the molecule is Nc1cc2c(O)c(N=Nc3ccc(N=Nc4ccc(N=Nc5cccc(SOOO)c5)c5ccc(S(=O)(=O)O)cc45)cc3O)c(SOOO)cc2cc1S(=O)(=O)O. The summed E-state index contributed by atoms with van der Waals surface area (Å²) in [5.74, 6) is -1.02. The molecule has 0 atom stereocenters. The summed E-state index contributed by atoms with van der Waals surface area (Å²) in [4.78, 5) is -0.578. The fraction of sp³-hybridized carbons (Fsp3) is 0. The second-order valence-corrected chi connectivity index (χ2v) is 15.5. The Labute approximate surface area is 328 Å². The molecule has 0 saturated carbocycles. The molecule has 6 aromatic rings. The smallest absolute Gasteiger partial charge is 0.296 e. The molecule has 0 radical (unpaired) electrons. The Morgan fingerprint density at radius 3 is 1.91 bits per heavy atom. The van der Waals surface area contributed by atoms with Gasteiger partial charge >= 0.3 is 0 Å². The molecule has 0 aliphatic rings. The van der Waals surface area contributed by atoms with Crippen LogP contribution in [0.2, 0.25) is 0 Å². The summed E-state index contributed by atoms with van der Waals surface area (Å²) in [5.41, 5.74) is 5.95. The largest absolute Gasteiger partial charge is 0.506 e. The van der Waals surface area contributed by atoms with Crippen molar-refractivity contribution in [2.24, 2.45) is 30.7 Å². The minimum Gasteiger partial charge on any atom is -0.506 e. The van der Waals surface area contributed by atoms with Crippen molar-refractivity contribution in [3.05, 3.63) is 91.0 Å². The molecule has 0 spiro atoms. The van der Waals surface area contributed by atoms with Gasteiger partial charge in [-0.25, -0.2) is 10.5 Å². The Morgan fingerprint density at radius 2 is 1.25 bits per heavy atom. The van der Waals surface area contributed by atoms with E-state index in [2.05, 4.69) is 49.4 Å². The van der Waals surface area contributed by atoms with Gasteiger partial charge in [0, 0.05) is 27.1 Å². The van der Waals surface area contributed by atoms with Gasteiger partial charge in [0.25, 0.3) is 20.2 Å². The minimum atomic E-state index is -4.73. The number of phenolic OH excluding ortho intramolecular Hbond substituents is 2. The van der Waals surface area contributed by atoms with Gasteiger partial charge in [0.1, 0.15) is 22.0 Å². The number of anilines is 1. The van der Waals surface area contributed by atoms with Gasteiger partial charge in [0.05, 0.1) is 62.3 Å². The second kappa shape index (κ2) is 17.2. The quantitative estimate of drug-likeness (QED) is 0.0134. The van der Waals surface area contributed by atoms with Crippen LogP contribution in [-0.2, 0) is 39.0 Å². The zero-order valence-electron chi connectivity index (χ0n) is 28.0. The van der Waals surface area contributed by atoms with Gasteiger partial charge in [-0.3, -0.25) is 9.11 Å². The Morgan fingerprint density at radius 1 is 0.596 bits per heavy atom. The van der Waals surface area contributed by atoms with Crippen molar-refractivity contribution in [2.75, 3.05) is 5.73 Å². The molecule has 294 valence electrons. The minimum absolute atomic E-state index is 0.00107. The van der Waals surface area contributed by atoms with Crippen molar-refractivity contribution in [1.29, 1.82) is 0 Å². The van der Waals surface area contributed by atoms with E-state index < -0.39 is 41.5 Å².